The number of nitrogens with zero attached hydrogens (tertiary/aromatic N) is 1. The Morgan fingerprint density at radius 3 is 2.88 bits per heavy atom. The van der Waals surface area contributed by atoms with Gasteiger partial charge in [-0.15, -0.1) is 11.3 Å². The lowest BCUT2D eigenvalue weighted by atomic mass is 10.2. The fourth-order valence-electron chi connectivity index (χ4n) is 2.61. The lowest BCUT2D eigenvalue weighted by molar-refractivity contribution is 0.233. The Bertz CT molecular complexity index is 369. The van der Waals surface area contributed by atoms with E-state index in [0.717, 1.165) is 18.6 Å². The van der Waals surface area contributed by atoms with Gasteiger partial charge in [0.15, 0.2) is 0 Å². The number of nitrogens with one attached hydrogen (secondary N) is 1. The summed E-state index contributed by atoms with van der Waals surface area (Å²) in [6.07, 6.45) is 5.52. The highest BCUT2D eigenvalue weighted by Crippen LogP contribution is 2.31. The first-order chi connectivity index (χ1) is 8.31. The fourth-order valence-corrected chi connectivity index (χ4v) is 4.09. The van der Waals surface area contributed by atoms with Gasteiger partial charge in [-0.3, -0.25) is 4.90 Å². The van der Waals surface area contributed by atoms with Crippen LogP contribution in [0.3, 0.4) is 0 Å². The Kier molecular flexibility index (Phi) is 3.85. The average molecular weight is 315 g/mol. The quantitative estimate of drug-likeness (QED) is 0.897. The van der Waals surface area contributed by atoms with Crippen LogP contribution in [0.25, 0.3) is 0 Å². The van der Waals surface area contributed by atoms with Crippen molar-refractivity contribution in [3.8, 4) is 0 Å². The summed E-state index contributed by atoms with van der Waals surface area (Å²) in [6.45, 7) is 3.59. The average Bonchev–Trinajstić information content (AvgIpc) is 2.89. The molecule has 94 valence electrons. The molecule has 1 aliphatic heterocycles. The van der Waals surface area contributed by atoms with E-state index in [2.05, 4.69) is 37.6 Å². The molecule has 1 saturated carbocycles. The van der Waals surface area contributed by atoms with Gasteiger partial charge in [0.25, 0.3) is 0 Å². The lowest BCUT2D eigenvalue weighted by Gasteiger charge is -2.24. The molecule has 0 aromatic carbocycles. The molecule has 0 spiro atoms. The van der Waals surface area contributed by atoms with Crippen LogP contribution in [0.2, 0.25) is 0 Å². The molecule has 17 heavy (non-hydrogen) atoms. The van der Waals surface area contributed by atoms with Crippen molar-refractivity contribution in [1.82, 2.24) is 10.2 Å². The lowest BCUT2D eigenvalue weighted by Crippen LogP contribution is -2.38. The maximum Gasteiger partial charge on any atom is 0.0331 e. The van der Waals surface area contributed by atoms with Gasteiger partial charge in [0.2, 0.25) is 0 Å². The molecule has 1 aromatic heterocycles. The van der Waals surface area contributed by atoms with Crippen molar-refractivity contribution in [1.29, 1.82) is 0 Å². The van der Waals surface area contributed by atoms with E-state index in [1.165, 1.54) is 48.1 Å². The highest BCUT2D eigenvalue weighted by molar-refractivity contribution is 9.10. The van der Waals surface area contributed by atoms with Gasteiger partial charge in [-0.25, -0.2) is 0 Å². The molecule has 2 aliphatic rings. The smallest absolute Gasteiger partial charge is 0.0331 e. The minimum atomic E-state index is 0.735. The van der Waals surface area contributed by atoms with Gasteiger partial charge in [0.05, 0.1) is 0 Å². The van der Waals surface area contributed by atoms with Crippen LogP contribution in [-0.2, 0) is 6.54 Å². The molecule has 2 nitrogen and oxygen atoms in total. The summed E-state index contributed by atoms with van der Waals surface area (Å²) in [7, 11) is 0. The zero-order valence-corrected chi connectivity index (χ0v) is 12.4. The highest BCUT2D eigenvalue weighted by atomic mass is 79.9. The van der Waals surface area contributed by atoms with Crippen LogP contribution >= 0.6 is 27.3 Å². The first-order valence-corrected chi connectivity index (χ1v) is 8.19. The van der Waals surface area contributed by atoms with E-state index in [1.807, 2.05) is 11.3 Å². The number of thiophene rings is 1. The minimum Gasteiger partial charge on any atom is -0.313 e. The summed E-state index contributed by atoms with van der Waals surface area (Å²) in [6, 6.07) is 3.86. The molecule has 4 heteroatoms. The molecule has 3 rings (SSSR count). The predicted molar refractivity (Wildman–Crippen MR) is 76.5 cm³/mol. The molecule has 1 N–H and O–H groups in total. The third-order valence-electron chi connectivity index (χ3n) is 3.66. The Hall–Kier alpha value is 0.1000. The molecule has 1 aliphatic carbocycles. The van der Waals surface area contributed by atoms with Gasteiger partial charge in [-0.05, 0) is 54.2 Å². The Balaban J connectivity index is 1.59. The highest BCUT2D eigenvalue weighted by Gasteiger charge is 2.31. The van der Waals surface area contributed by atoms with Crippen molar-refractivity contribution >= 4 is 27.3 Å². The summed E-state index contributed by atoms with van der Waals surface area (Å²) >= 11 is 5.41. The molecule has 1 atom stereocenters. The van der Waals surface area contributed by atoms with E-state index >= 15 is 0 Å². The van der Waals surface area contributed by atoms with Crippen molar-refractivity contribution in [2.45, 2.75) is 44.3 Å². The van der Waals surface area contributed by atoms with E-state index in [9.17, 15) is 0 Å². The van der Waals surface area contributed by atoms with E-state index in [0.29, 0.717) is 0 Å². The number of rotatable bonds is 5. The zero-order chi connectivity index (χ0) is 11.7. The standard InChI is InChI=1S/C13H19BrN2S/c14-10-6-13(17-9-10)8-16(12-3-4-12)7-11-2-1-5-15-11/h6,9,11-12,15H,1-5,7-8H2. The Labute approximate surface area is 116 Å². The summed E-state index contributed by atoms with van der Waals surface area (Å²) in [5, 5.41) is 5.80. The molecular weight excluding hydrogens is 296 g/mol. The van der Waals surface area contributed by atoms with Crippen LogP contribution in [0.5, 0.6) is 0 Å². The first kappa shape index (κ1) is 12.2. The maximum absolute atomic E-state index is 3.61. The molecule has 2 heterocycles. The third-order valence-corrected chi connectivity index (χ3v) is 5.34. The maximum atomic E-state index is 3.61. The van der Waals surface area contributed by atoms with Gasteiger partial charge in [0.1, 0.15) is 0 Å². The van der Waals surface area contributed by atoms with E-state index < -0.39 is 0 Å². The van der Waals surface area contributed by atoms with Crippen molar-refractivity contribution in [2.24, 2.45) is 0 Å². The number of hydrogen-bond acceptors (Lipinski definition) is 3. The van der Waals surface area contributed by atoms with Gasteiger partial charge in [0, 0.05) is 39.9 Å². The van der Waals surface area contributed by atoms with E-state index in [1.54, 1.807) is 0 Å². The topological polar surface area (TPSA) is 15.3 Å². The number of halogens is 1. The van der Waals surface area contributed by atoms with Gasteiger partial charge >= 0.3 is 0 Å². The normalized spacial score (nSPS) is 24.7. The zero-order valence-electron chi connectivity index (χ0n) is 9.99. The molecule has 0 radical (unpaired) electrons. The van der Waals surface area contributed by atoms with E-state index in [4.69, 9.17) is 0 Å². The van der Waals surface area contributed by atoms with Gasteiger partial charge in [-0.1, -0.05) is 0 Å². The molecule has 0 bridgehead atoms. The summed E-state index contributed by atoms with van der Waals surface area (Å²) in [4.78, 5) is 4.17. The van der Waals surface area contributed by atoms with Crippen LogP contribution < -0.4 is 5.32 Å². The SMILES string of the molecule is Brc1csc(CN(CC2CCCN2)C2CC2)c1. The Morgan fingerprint density at radius 1 is 1.41 bits per heavy atom. The Morgan fingerprint density at radius 2 is 2.29 bits per heavy atom. The molecule has 0 amide bonds. The van der Waals surface area contributed by atoms with Crippen LogP contribution in [0.4, 0.5) is 0 Å². The summed E-state index contributed by atoms with van der Waals surface area (Å²) in [5.41, 5.74) is 0. The third kappa shape index (κ3) is 3.31. The second-order valence-corrected chi connectivity index (χ2v) is 7.10. The first-order valence-electron chi connectivity index (χ1n) is 6.51. The summed E-state index contributed by atoms with van der Waals surface area (Å²) < 4.78 is 1.23. The molecule has 1 aromatic rings. The van der Waals surface area contributed by atoms with Crippen LogP contribution in [0.15, 0.2) is 15.9 Å². The van der Waals surface area contributed by atoms with Crippen LogP contribution in [0, 0.1) is 0 Å². The molecule has 1 saturated heterocycles. The van der Waals surface area contributed by atoms with Crippen molar-refractivity contribution in [3.05, 3.63) is 20.8 Å². The van der Waals surface area contributed by atoms with Crippen molar-refractivity contribution in [2.75, 3.05) is 13.1 Å². The monoisotopic (exact) mass is 314 g/mol. The fraction of sp³-hybridized carbons (Fsp3) is 0.692. The second kappa shape index (κ2) is 5.39. The van der Waals surface area contributed by atoms with Crippen molar-refractivity contribution in [3.63, 3.8) is 0 Å². The number of hydrogen-bond donors (Lipinski definition) is 1. The summed E-state index contributed by atoms with van der Waals surface area (Å²) in [5.74, 6) is 0. The molecule has 2 fully saturated rings. The second-order valence-electron chi connectivity index (χ2n) is 5.19. The van der Waals surface area contributed by atoms with Gasteiger partial charge < -0.3 is 5.32 Å². The minimum absolute atomic E-state index is 0.735. The van der Waals surface area contributed by atoms with Crippen LogP contribution in [0.1, 0.15) is 30.6 Å². The molecule has 1 unspecified atom stereocenters. The largest absolute Gasteiger partial charge is 0.313 e. The van der Waals surface area contributed by atoms with Gasteiger partial charge in [-0.2, -0.15) is 0 Å². The van der Waals surface area contributed by atoms with Crippen molar-refractivity contribution < 1.29 is 0 Å². The predicted octanol–water partition coefficient (Wildman–Crippen LogP) is 3.23. The molecular formula is C13H19BrN2S. The van der Waals surface area contributed by atoms with E-state index in [-0.39, 0.29) is 0 Å². The van der Waals surface area contributed by atoms with Crippen LogP contribution in [-0.4, -0.2) is 30.1 Å².